The molecule has 0 spiro atoms. The fraction of sp³-hybridized carbons (Fsp3) is 0. The molecule has 0 aromatic heterocycles. The molecule has 2 nitrogen and oxygen atoms in total. The molecule has 0 heterocycles. The summed E-state index contributed by atoms with van der Waals surface area (Å²) in [7, 11) is 0. The molecule has 0 amide bonds. The van der Waals surface area contributed by atoms with Crippen molar-refractivity contribution in [3.05, 3.63) is 0 Å². The van der Waals surface area contributed by atoms with Crippen LogP contribution >= 0.6 is 0 Å². The molecule has 0 bridgehead atoms. The summed E-state index contributed by atoms with van der Waals surface area (Å²) in [5.74, 6) is 0. The van der Waals surface area contributed by atoms with E-state index in [4.69, 9.17) is 9.90 Å². The molecule has 0 fully saturated rings. The average Bonchev–Trinajstić information content (AvgIpc) is 0.918. The molecule has 1 N–H and O–H groups in total. The van der Waals surface area contributed by atoms with Crippen LogP contribution < -0.4 is 0 Å². The molecule has 0 aliphatic rings. The van der Waals surface area contributed by atoms with Crippen LogP contribution in [-0.2, 0) is 4.79 Å². The van der Waals surface area contributed by atoms with Gasteiger partial charge in [0.2, 0.25) is 0 Å². The molecular formula is CH5O2Sb. The molecule has 0 aromatic carbocycles. The van der Waals surface area contributed by atoms with Crippen LogP contribution in [0.25, 0.3) is 0 Å². The Bertz CT molecular complexity index is 13.5. The Morgan fingerprint density at radius 2 is 1.75 bits per heavy atom. The molecule has 0 aromatic rings. The van der Waals surface area contributed by atoms with Gasteiger partial charge >= 0.3 is 24.4 Å². The zero-order chi connectivity index (χ0) is 2.71. The number of rotatable bonds is 0. The van der Waals surface area contributed by atoms with Gasteiger partial charge in [-0.15, -0.1) is 0 Å². The Balaban J connectivity index is 0. The molecule has 0 saturated carbocycles. The van der Waals surface area contributed by atoms with Crippen molar-refractivity contribution in [2.75, 3.05) is 0 Å². The third-order valence-corrected chi connectivity index (χ3v) is 0. The normalized spacial score (nSPS) is 3.00. The van der Waals surface area contributed by atoms with E-state index in [-0.39, 0.29) is 30.9 Å². The fourth-order valence-corrected chi connectivity index (χ4v) is 0. The quantitative estimate of drug-likeness (QED) is 0.356. The summed E-state index contributed by atoms with van der Waals surface area (Å²) in [4.78, 5) is 8.36. The molecule has 0 rings (SSSR count). The molecule has 0 unspecified atom stereocenters. The van der Waals surface area contributed by atoms with Gasteiger partial charge in [-0.05, 0) is 0 Å². The number of hydrogen-bond acceptors (Lipinski definition) is 1. The summed E-state index contributed by atoms with van der Waals surface area (Å²) >= 11 is 0. The average molecular weight is 171 g/mol. The van der Waals surface area contributed by atoms with Crippen molar-refractivity contribution in [1.29, 1.82) is 0 Å². The third kappa shape index (κ3) is 45.7. The predicted molar refractivity (Wildman–Crippen MR) is 18.6 cm³/mol. The number of carboxylic acid groups (broad SMARTS) is 1. The SMILES string of the molecule is O=CO.[SbH3]. The van der Waals surface area contributed by atoms with Gasteiger partial charge < -0.3 is 5.11 Å². The molecule has 0 aliphatic heterocycles. The van der Waals surface area contributed by atoms with Crippen molar-refractivity contribution < 1.29 is 9.90 Å². The summed E-state index contributed by atoms with van der Waals surface area (Å²) < 4.78 is 0. The summed E-state index contributed by atoms with van der Waals surface area (Å²) in [6.45, 7) is -0.250. The first-order chi connectivity index (χ1) is 1.41. The second kappa shape index (κ2) is 10.4. The third-order valence-electron chi connectivity index (χ3n) is 0. The van der Waals surface area contributed by atoms with Crippen LogP contribution in [0, 0.1) is 0 Å². The van der Waals surface area contributed by atoms with Crippen LogP contribution in [0.1, 0.15) is 0 Å². The van der Waals surface area contributed by atoms with Crippen LogP contribution in [0.5, 0.6) is 0 Å². The molecule has 0 saturated heterocycles. The molecule has 0 radical (unpaired) electrons. The van der Waals surface area contributed by atoms with Gasteiger partial charge in [0.15, 0.2) is 0 Å². The number of hydrogen-bond donors (Lipinski definition) is 1. The van der Waals surface area contributed by atoms with E-state index in [9.17, 15) is 0 Å². The van der Waals surface area contributed by atoms with Gasteiger partial charge in [0, 0.05) is 0 Å². The molecular weight excluding hydrogens is 166 g/mol. The van der Waals surface area contributed by atoms with Crippen LogP contribution in [0.4, 0.5) is 0 Å². The van der Waals surface area contributed by atoms with Crippen molar-refractivity contribution in [2.24, 2.45) is 0 Å². The van der Waals surface area contributed by atoms with E-state index in [0.717, 1.165) is 0 Å². The van der Waals surface area contributed by atoms with Gasteiger partial charge in [-0.1, -0.05) is 0 Å². The van der Waals surface area contributed by atoms with Crippen molar-refractivity contribution in [1.82, 2.24) is 0 Å². The van der Waals surface area contributed by atoms with Crippen molar-refractivity contribution >= 4 is 30.9 Å². The number of carbonyl (C=O) groups is 1. The zero-order valence-corrected chi connectivity index (χ0v) is 6.18. The fourth-order valence-electron chi connectivity index (χ4n) is 0. The van der Waals surface area contributed by atoms with Gasteiger partial charge in [-0.3, -0.25) is 4.79 Å². The van der Waals surface area contributed by atoms with E-state index in [1.165, 1.54) is 0 Å². The Morgan fingerprint density at radius 3 is 1.75 bits per heavy atom. The van der Waals surface area contributed by atoms with Crippen LogP contribution in [0.3, 0.4) is 0 Å². The maximum absolute atomic E-state index is 8.36. The molecule has 0 aliphatic carbocycles. The Labute approximate surface area is 41.3 Å². The monoisotopic (exact) mass is 170 g/mol. The second-order valence-corrected chi connectivity index (χ2v) is 0.105. The topological polar surface area (TPSA) is 37.3 Å². The Kier molecular flexibility index (Phi) is 23.0. The van der Waals surface area contributed by atoms with Crippen LogP contribution in [0.15, 0.2) is 0 Å². The van der Waals surface area contributed by atoms with Gasteiger partial charge in [0.05, 0.1) is 0 Å². The first-order valence-corrected chi connectivity index (χ1v) is 0.494. The van der Waals surface area contributed by atoms with Gasteiger partial charge in [-0.25, -0.2) is 0 Å². The first-order valence-electron chi connectivity index (χ1n) is 0.494. The van der Waals surface area contributed by atoms with Crippen LogP contribution in [-0.4, -0.2) is 36.0 Å². The maximum atomic E-state index is 8.36. The Morgan fingerprint density at radius 1 is 1.75 bits per heavy atom. The van der Waals surface area contributed by atoms with E-state index in [0.29, 0.717) is 0 Å². The molecule has 0 atom stereocenters. The van der Waals surface area contributed by atoms with Crippen molar-refractivity contribution in [3.63, 3.8) is 0 Å². The van der Waals surface area contributed by atoms with Crippen molar-refractivity contribution in [2.45, 2.75) is 0 Å². The van der Waals surface area contributed by atoms with Gasteiger partial charge in [-0.2, -0.15) is 0 Å². The van der Waals surface area contributed by atoms with E-state index >= 15 is 0 Å². The predicted octanol–water partition coefficient (Wildman–Crippen LogP) is -1.48. The van der Waals surface area contributed by atoms with Gasteiger partial charge in [0.25, 0.3) is 6.47 Å². The van der Waals surface area contributed by atoms with Crippen molar-refractivity contribution in [3.8, 4) is 0 Å². The molecule has 3 heteroatoms. The van der Waals surface area contributed by atoms with E-state index in [1.54, 1.807) is 0 Å². The molecule has 4 heavy (non-hydrogen) atoms. The minimum absolute atomic E-state index is 0. The first kappa shape index (κ1) is 8.86. The standard InChI is InChI=1S/CH2O2.Sb.3H/c2-1-3;;;;/h1H,(H,2,3);;;;. The summed E-state index contributed by atoms with van der Waals surface area (Å²) in [6.07, 6.45) is 0. The van der Waals surface area contributed by atoms with E-state index in [2.05, 4.69) is 0 Å². The summed E-state index contributed by atoms with van der Waals surface area (Å²) in [5.41, 5.74) is 0. The second-order valence-electron chi connectivity index (χ2n) is 0.105. The zero-order valence-electron chi connectivity index (χ0n) is 2.14. The summed E-state index contributed by atoms with van der Waals surface area (Å²) in [5, 5.41) is 6.89. The van der Waals surface area contributed by atoms with Gasteiger partial charge in [0.1, 0.15) is 0 Å². The Hall–Kier alpha value is 0.288. The van der Waals surface area contributed by atoms with E-state index in [1.807, 2.05) is 0 Å². The molecule has 26 valence electrons. The summed E-state index contributed by atoms with van der Waals surface area (Å²) in [6, 6.07) is 0. The van der Waals surface area contributed by atoms with Crippen LogP contribution in [0.2, 0.25) is 0 Å². The van der Waals surface area contributed by atoms with E-state index < -0.39 is 0 Å². The minimum atomic E-state index is -0.250.